The monoisotopic (exact) mass is 322 g/mol. The van der Waals surface area contributed by atoms with Crippen molar-refractivity contribution >= 4 is 11.8 Å². The molecule has 0 atom stereocenters. The summed E-state index contributed by atoms with van der Waals surface area (Å²) in [5, 5.41) is 0. The van der Waals surface area contributed by atoms with E-state index in [1.165, 1.54) is 56.8 Å². The zero-order valence-electron chi connectivity index (χ0n) is 14.1. The molecule has 0 amide bonds. The summed E-state index contributed by atoms with van der Waals surface area (Å²) in [4.78, 5) is 5.20. The van der Waals surface area contributed by atoms with Gasteiger partial charge in [0.2, 0.25) is 0 Å². The van der Waals surface area contributed by atoms with Crippen molar-refractivity contribution in [2.75, 3.05) is 38.2 Å². The maximum Gasteiger partial charge on any atom is 0.118 e. The van der Waals surface area contributed by atoms with Crippen LogP contribution in [0.1, 0.15) is 37.2 Å². The lowest BCUT2D eigenvalue weighted by Crippen LogP contribution is -2.41. The lowest BCUT2D eigenvalue weighted by atomic mass is 9.95. The Morgan fingerprint density at radius 2 is 1.91 bits per heavy atom. The van der Waals surface area contributed by atoms with Crippen molar-refractivity contribution in [1.82, 2.24) is 9.80 Å². The van der Waals surface area contributed by atoms with E-state index in [0.29, 0.717) is 0 Å². The topological polar surface area (TPSA) is 19.6 Å². The number of rotatable bonds is 5. The van der Waals surface area contributed by atoms with Crippen LogP contribution in [0.2, 0.25) is 0 Å². The molecular weight excluding hydrogens is 292 g/mol. The second-order valence-corrected chi connectivity index (χ2v) is 8.24. The molecule has 2 aliphatic rings. The van der Waals surface area contributed by atoms with E-state index in [1.807, 2.05) is 6.92 Å². The summed E-state index contributed by atoms with van der Waals surface area (Å²) in [6.45, 7) is 6.74. The molecule has 4 heteroatoms. The molecule has 0 unspecified atom stereocenters. The zero-order valence-corrected chi connectivity index (χ0v) is 14.9. The van der Waals surface area contributed by atoms with Crippen molar-refractivity contribution in [3.05, 3.63) is 23.7 Å². The van der Waals surface area contributed by atoms with Crippen LogP contribution in [0.5, 0.6) is 0 Å². The number of hydrogen-bond donors (Lipinski definition) is 0. The molecule has 3 heterocycles. The third-order valence-corrected chi connectivity index (χ3v) is 6.29. The smallest absolute Gasteiger partial charge is 0.118 e. The van der Waals surface area contributed by atoms with Gasteiger partial charge in [0, 0.05) is 12.6 Å². The predicted octanol–water partition coefficient (Wildman–Crippen LogP) is 3.63. The first-order valence-electron chi connectivity index (χ1n) is 8.76. The molecule has 1 aromatic heterocycles. The van der Waals surface area contributed by atoms with Crippen LogP contribution >= 0.6 is 11.8 Å². The molecule has 0 radical (unpaired) electrons. The van der Waals surface area contributed by atoms with Gasteiger partial charge in [0.25, 0.3) is 0 Å². The standard InChI is InChI=1S/C18H30N2OS/c1-15-3-4-18(21-15)14-20-9-5-16(6-10-20)13-19(2)17-7-11-22-12-8-17/h3-4,16-17H,5-14H2,1-2H3. The normalized spacial score (nSPS) is 22.5. The van der Waals surface area contributed by atoms with Gasteiger partial charge in [0.15, 0.2) is 0 Å². The Kier molecular flexibility index (Phi) is 5.89. The van der Waals surface area contributed by atoms with Gasteiger partial charge in [-0.15, -0.1) is 0 Å². The molecule has 0 N–H and O–H groups in total. The minimum absolute atomic E-state index is 0.838. The highest BCUT2D eigenvalue weighted by Crippen LogP contribution is 2.25. The molecule has 2 saturated heterocycles. The van der Waals surface area contributed by atoms with E-state index in [4.69, 9.17) is 4.42 Å². The third-order valence-electron chi connectivity index (χ3n) is 5.24. The first-order valence-corrected chi connectivity index (χ1v) is 9.92. The highest BCUT2D eigenvalue weighted by atomic mass is 32.2. The van der Waals surface area contributed by atoms with Crippen LogP contribution in [-0.2, 0) is 6.54 Å². The molecule has 0 saturated carbocycles. The first-order chi connectivity index (χ1) is 10.7. The van der Waals surface area contributed by atoms with Gasteiger partial charge >= 0.3 is 0 Å². The van der Waals surface area contributed by atoms with Gasteiger partial charge in [-0.05, 0) is 82.3 Å². The third kappa shape index (κ3) is 4.53. The van der Waals surface area contributed by atoms with Crippen molar-refractivity contribution in [3.63, 3.8) is 0 Å². The van der Waals surface area contributed by atoms with E-state index in [1.54, 1.807) is 0 Å². The van der Waals surface area contributed by atoms with Gasteiger partial charge in [-0.3, -0.25) is 4.90 Å². The molecule has 0 aliphatic carbocycles. The van der Waals surface area contributed by atoms with Crippen LogP contribution in [0.15, 0.2) is 16.5 Å². The highest BCUT2D eigenvalue weighted by Gasteiger charge is 2.24. The number of likely N-dealkylation sites (tertiary alicyclic amines) is 1. The fourth-order valence-corrected chi connectivity index (χ4v) is 4.88. The molecule has 22 heavy (non-hydrogen) atoms. The number of thioether (sulfide) groups is 1. The molecule has 3 rings (SSSR count). The van der Waals surface area contributed by atoms with E-state index in [2.05, 4.69) is 40.7 Å². The van der Waals surface area contributed by atoms with Crippen molar-refractivity contribution in [1.29, 1.82) is 0 Å². The number of hydrogen-bond acceptors (Lipinski definition) is 4. The summed E-state index contributed by atoms with van der Waals surface area (Å²) in [6, 6.07) is 5.03. The Balaban J connectivity index is 1.39. The van der Waals surface area contributed by atoms with Gasteiger partial charge in [0.1, 0.15) is 11.5 Å². The molecule has 1 aromatic rings. The first kappa shape index (κ1) is 16.4. The Labute approximate surface area is 139 Å². The van der Waals surface area contributed by atoms with Crippen LogP contribution in [0.3, 0.4) is 0 Å². The van der Waals surface area contributed by atoms with Crippen LogP contribution in [0.4, 0.5) is 0 Å². The molecule has 0 bridgehead atoms. The number of aryl methyl sites for hydroxylation is 1. The van der Waals surface area contributed by atoms with Crippen LogP contribution in [-0.4, -0.2) is 54.0 Å². The maximum atomic E-state index is 5.71. The van der Waals surface area contributed by atoms with E-state index >= 15 is 0 Å². The predicted molar refractivity (Wildman–Crippen MR) is 94.4 cm³/mol. The van der Waals surface area contributed by atoms with Crippen LogP contribution in [0.25, 0.3) is 0 Å². The summed E-state index contributed by atoms with van der Waals surface area (Å²) in [5.74, 6) is 5.74. The SMILES string of the molecule is Cc1ccc(CN2CCC(CN(C)C3CCSCC3)CC2)o1. The molecule has 2 aliphatic heterocycles. The highest BCUT2D eigenvalue weighted by molar-refractivity contribution is 7.99. The van der Waals surface area contributed by atoms with Gasteiger partial charge in [-0.25, -0.2) is 0 Å². The Morgan fingerprint density at radius 1 is 1.18 bits per heavy atom. The molecule has 124 valence electrons. The summed E-state index contributed by atoms with van der Waals surface area (Å²) in [7, 11) is 2.35. The lowest BCUT2D eigenvalue weighted by Gasteiger charge is -2.37. The van der Waals surface area contributed by atoms with E-state index in [9.17, 15) is 0 Å². The van der Waals surface area contributed by atoms with Crippen molar-refractivity contribution < 1.29 is 4.42 Å². The maximum absolute atomic E-state index is 5.71. The second kappa shape index (κ2) is 7.89. The summed E-state index contributed by atoms with van der Waals surface area (Å²) < 4.78 is 5.71. The van der Waals surface area contributed by atoms with Crippen LogP contribution < -0.4 is 0 Å². The molecule has 3 nitrogen and oxygen atoms in total. The van der Waals surface area contributed by atoms with Crippen LogP contribution in [0, 0.1) is 12.8 Å². The number of piperidine rings is 1. The van der Waals surface area contributed by atoms with Gasteiger partial charge in [-0.2, -0.15) is 11.8 Å². The van der Waals surface area contributed by atoms with E-state index in [-0.39, 0.29) is 0 Å². The van der Waals surface area contributed by atoms with E-state index in [0.717, 1.165) is 30.0 Å². The average Bonchev–Trinajstić information content (AvgIpc) is 2.95. The molecular formula is C18H30N2OS. The Bertz CT molecular complexity index is 448. The average molecular weight is 323 g/mol. The summed E-state index contributed by atoms with van der Waals surface area (Å²) in [6.07, 6.45) is 5.45. The van der Waals surface area contributed by atoms with Gasteiger partial charge < -0.3 is 9.32 Å². The second-order valence-electron chi connectivity index (χ2n) is 7.02. The zero-order chi connectivity index (χ0) is 15.4. The Morgan fingerprint density at radius 3 is 2.55 bits per heavy atom. The fraction of sp³-hybridized carbons (Fsp3) is 0.778. The Hall–Kier alpha value is -0.450. The van der Waals surface area contributed by atoms with Crippen molar-refractivity contribution in [2.45, 2.75) is 45.2 Å². The molecule has 0 spiro atoms. The molecule has 0 aromatic carbocycles. The minimum Gasteiger partial charge on any atom is -0.465 e. The largest absolute Gasteiger partial charge is 0.465 e. The van der Waals surface area contributed by atoms with E-state index < -0.39 is 0 Å². The molecule has 2 fully saturated rings. The van der Waals surface area contributed by atoms with Gasteiger partial charge in [0.05, 0.1) is 6.54 Å². The van der Waals surface area contributed by atoms with Crippen molar-refractivity contribution in [2.24, 2.45) is 5.92 Å². The number of furan rings is 1. The lowest BCUT2D eigenvalue weighted by molar-refractivity contribution is 0.123. The minimum atomic E-state index is 0.838. The van der Waals surface area contributed by atoms with Gasteiger partial charge in [-0.1, -0.05) is 0 Å². The fourth-order valence-electron chi connectivity index (χ4n) is 3.80. The summed E-state index contributed by atoms with van der Waals surface area (Å²) >= 11 is 2.12. The van der Waals surface area contributed by atoms with Crippen molar-refractivity contribution in [3.8, 4) is 0 Å². The quantitative estimate of drug-likeness (QED) is 0.824. The summed E-state index contributed by atoms with van der Waals surface area (Å²) in [5.41, 5.74) is 0. The number of nitrogens with zero attached hydrogens (tertiary/aromatic N) is 2.